The van der Waals surface area contributed by atoms with Crippen molar-refractivity contribution in [1.29, 1.82) is 0 Å². The number of aryl methyl sites for hydroxylation is 1. The van der Waals surface area contributed by atoms with Crippen LogP contribution in [-0.2, 0) is 11.3 Å². The van der Waals surface area contributed by atoms with Crippen molar-refractivity contribution >= 4 is 11.6 Å². The topological polar surface area (TPSA) is 93.3 Å². The number of hydrogen-bond donors (Lipinski definition) is 1. The highest BCUT2D eigenvalue weighted by Crippen LogP contribution is 2.21. The summed E-state index contributed by atoms with van der Waals surface area (Å²) in [4.78, 5) is 24.6. The van der Waals surface area contributed by atoms with E-state index < -0.39 is 4.92 Å². The van der Waals surface area contributed by atoms with Crippen molar-refractivity contribution in [3.63, 3.8) is 0 Å². The van der Waals surface area contributed by atoms with E-state index in [2.05, 4.69) is 29.2 Å². The van der Waals surface area contributed by atoms with Gasteiger partial charge in [0.25, 0.3) is 0 Å². The Morgan fingerprint density at radius 1 is 1.36 bits per heavy atom. The van der Waals surface area contributed by atoms with Gasteiger partial charge in [-0.25, -0.2) is 0 Å². The maximum absolute atomic E-state index is 11.9. The van der Waals surface area contributed by atoms with Crippen LogP contribution in [-0.4, -0.2) is 51.7 Å². The number of rotatable bonds is 9. The molecule has 1 aromatic rings. The maximum atomic E-state index is 11.9. The van der Waals surface area contributed by atoms with E-state index in [0.717, 1.165) is 26.1 Å². The van der Waals surface area contributed by atoms with Gasteiger partial charge in [-0.2, -0.15) is 5.10 Å². The first-order valence-corrected chi connectivity index (χ1v) is 7.58. The lowest BCUT2D eigenvalue weighted by Gasteiger charge is -2.17. The fraction of sp³-hybridized carbons (Fsp3) is 0.714. The minimum absolute atomic E-state index is 0.00574. The van der Waals surface area contributed by atoms with Gasteiger partial charge in [0.15, 0.2) is 0 Å². The molecule has 1 amide bonds. The van der Waals surface area contributed by atoms with Crippen LogP contribution in [0.5, 0.6) is 0 Å². The molecule has 0 fully saturated rings. The second kappa shape index (κ2) is 8.47. The molecule has 0 unspecified atom stereocenters. The third-order valence-electron chi connectivity index (χ3n) is 3.69. The Balaban J connectivity index is 2.46. The van der Waals surface area contributed by atoms with E-state index in [4.69, 9.17) is 0 Å². The van der Waals surface area contributed by atoms with E-state index in [9.17, 15) is 14.9 Å². The highest BCUT2D eigenvalue weighted by atomic mass is 16.6. The fourth-order valence-electron chi connectivity index (χ4n) is 2.37. The van der Waals surface area contributed by atoms with Crippen LogP contribution in [0.4, 0.5) is 5.69 Å². The van der Waals surface area contributed by atoms with E-state index in [1.807, 2.05) is 0 Å². The van der Waals surface area contributed by atoms with Crippen LogP contribution in [0.1, 0.15) is 31.7 Å². The molecule has 0 aliphatic rings. The lowest BCUT2D eigenvalue weighted by molar-refractivity contribution is -0.386. The van der Waals surface area contributed by atoms with Crippen molar-refractivity contribution in [3.05, 3.63) is 21.5 Å². The number of hydrogen-bond acceptors (Lipinski definition) is 5. The molecule has 0 aliphatic carbocycles. The van der Waals surface area contributed by atoms with Crippen molar-refractivity contribution in [2.75, 3.05) is 26.2 Å². The van der Waals surface area contributed by atoms with Gasteiger partial charge in [-0.3, -0.25) is 19.6 Å². The second-order valence-electron chi connectivity index (χ2n) is 5.16. The molecule has 0 aliphatic heterocycles. The molecule has 8 nitrogen and oxygen atoms in total. The van der Waals surface area contributed by atoms with Crippen molar-refractivity contribution in [2.24, 2.45) is 0 Å². The first-order valence-electron chi connectivity index (χ1n) is 7.58. The molecule has 0 aromatic carbocycles. The molecule has 0 spiro atoms. The molecule has 1 rings (SSSR count). The van der Waals surface area contributed by atoms with Crippen LogP contribution >= 0.6 is 0 Å². The van der Waals surface area contributed by atoms with E-state index in [0.29, 0.717) is 17.9 Å². The third kappa shape index (κ3) is 4.80. The molecule has 0 saturated carbocycles. The van der Waals surface area contributed by atoms with Gasteiger partial charge in [0.1, 0.15) is 17.9 Å². The van der Waals surface area contributed by atoms with Crippen LogP contribution in [0.3, 0.4) is 0 Å². The number of amides is 1. The van der Waals surface area contributed by atoms with E-state index >= 15 is 0 Å². The minimum atomic E-state index is -0.462. The Bertz CT molecular complexity index is 523. The molecule has 22 heavy (non-hydrogen) atoms. The standard InChI is InChI=1S/C14H25N5O3/c1-5-17(6-2)9-7-8-15-13(20)10-18-12(4)14(19(21)22)11(3)16-18/h5-10H2,1-4H3,(H,15,20). The van der Waals surface area contributed by atoms with Crippen LogP contribution in [0, 0.1) is 24.0 Å². The summed E-state index contributed by atoms with van der Waals surface area (Å²) < 4.78 is 1.38. The van der Waals surface area contributed by atoms with Crippen LogP contribution in [0.15, 0.2) is 0 Å². The first kappa shape index (κ1) is 18.1. The average Bonchev–Trinajstić information content (AvgIpc) is 2.73. The van der Waals surface area contributed by atoms with Gasteiger partial charge in [-0.15, -0.1) is 0 Å². The zero-order chi connectivity index (χ0) is 16.7. The number of carbonyl (C=O) groups excluding carboxylic acids is 1. The summed E-state index contributed by atoms with van der Waals surface area (Å²) in [6, 6.07) is 0. The van der Waals surface area contributed by atoms with Crippen molar-refractivity contribution in [1.82, 2.24) is 20.0 Å². The van der Waals surface area contributed by atoms with Crippen LogP contribution in [0.2, 0.25) is 0 Å². The zero-order valence-electron chi connectivity index (χ0n) is 13.8. The van der Waals surface area contributed by atoms with E-state index in [1.165, 1.54) is 4.68 Å². The van der Waals surface area contributed by atoms with Crippen molar-refractivity contribution in [2.45, 2.75) is 40.7 Å². The normalized spacial score (nSPS) is 11.0. The third-order valence-corrected chi connectivity index (χ3v) is 3.69. The van der Waals surface area contributed by atoms with Gasteiger partial charge >= 0.3 is 5.69 Å². The SMILES string of the molecule is CCN(CC)CCCNC(=O)Cn1nc(C)c([N+](=O)[O-])c1C. The maximum Gasteiger partial charge on any atom is 0.312 e. The summed E-state index contributed by atoms with van der Waals surface area (Å²) in [5.41, 5.74) is 0.715. The lowest BCUT2D eigenvalue weighted by atomic mass is 10.3. The van der Waals surface area contributed by atoms with Gasteiger partial charge < -0.3 is 10.2 Å². The summed E-state index contributed by atoms with van der Waals surface area (Å²) in [7, 11) is 0. The molecule has 1 heterocycles. The van der Waals surface area contributed by atoms with Gasteiger partial charge in [-0.05, 0) is 39.9 Å². The molecule has 1 aromatic heterocycles. The summed E-state index contributed by atoms with van der Waals surface area (Å²) in [6.07, 6.45) is 0.880. The number of nitrogens with zero attached hydrogens (tertiary/aromatic N) is 4. The van der Waals surface area contributed by atoms with Gasteiger partial charge in [-0.1, -0.05) is 13.8 Å². The zero-order valence-corrected chi connectivity index (χ0v) is 13.8. The predicted octanol–water partition coefficient (Wildman–Crippen LogP) is 1.26. The molecule has 8 heteroatoms. The lowest BCUT2D eigenvalue weighted by Crippen LogP contribution is -2.32. The summed E-state index contributed by atoms with van der Waals surface area (Å²) in [5.74, 6) is -0.181. The molecular weight excluding hydrogens is 286 g/mol. The summed E-state index contributed by atoms with van der Waals surface area (Å²) in [5, 5.41) is 17.8. The van der Waals surface area contributed by atoms with E-state index in [-0.39, 0.29) is 18.1 Å². The Labute approximate surface area is 130 Å². The minimum Gasteiger partial charge on any atom is -0.354 e. The smallest absolute Gasteiger partial charge is 0.312 e. The monoisotopic (exact) mass is 311 g/mol. The molecule has 0 saturated heterocycles. The number of carbonyl (C=O) groups is 1. The fourth-order valence-corrected chi connectivity index (χ4v) is 2.37. The van der Waals surface area contributed by atoms with Crippen molar-refractivity contribution in [3.8, 4) is 0 Å². The van der Waals surface area contributed by atoms with Gasteiger partial charge in [0.2, 0.25) is 5.91 Å². The van der Waals surface area contributed by atoms with Gasteiger partial charge in [0, 0.05) is 6.54 Å². The molecule has 0 radical (unpaired) electrons. The van der Waals surface area contributed by atoms with Gasteiger partial charge in [0.05, 0.1) is 4.92 Å². The average molecular weight is 311 g/mol. The Morgan fingerprint density at radius 2 is 2.00 bits per heavy atom. The second-order valence-corrected chi connectivity index (χ2v) is 5.16. The van der Waals surface area contributed by atoms with E-state index in [1.54, 1.807) is 13.8 Å². The van der Waals surface area contributed by atoms with Crippen molar-refractivity contribution < 1.29 is 9.72 Å². The molecule has 124 valence electrons. The van der Waals surface area contributed by atoms with Crippen LogP contribution < -0.4 is 5.32 Å². The molecule has 0 atom stereocenters. The predicted molar refractivity (Wildman–Crippen MR) is 83.8 cm³/mol. The first-order chi connectivity index (χ1) is 10.4. The summed E-state index contributed by atoms with van der Waals surface area (Å²) in [6.45, 7) is 10.9. The Kier molecular flexibility index (Phi) is 6.97. The summed E-state index contributed by atoms with van der Waals surface area (Å²) >= 11 is 0. The number of nitrogens with one attached hydrogen (secondary N) is 1. The Morgan fingerprint density at radius 3 is 2.50 bits per heavy atom. The Hall–Kier alpha value is -1.96. The number of nitro groups is 1. The highest BCUT2D eigenvalue weighted by molar-refractivity contribution is 5.75. The molecule has 1 N–H and O–H groups in total. The largest absolute Gasteiger partial charge is 0.354 e. The molecular formula is C14H25N5O3. The molecule has 0 bridgehead atoms. The number of aromatic nitrogens is 2. The highest BCUT2D eigenvalue weighted by Gasteiger charge is 2.22. The quantitative estimate of drug-likeness (QED) is 0.421. The van der Waals surface area contributed by atoms with Crippen LogP contribution in [0.25, 0.3) is 0 Å².